The number of halogens is 1. The van der Waals surface area contributed by atoms with Gasteiger partial charge in [-0.3, -0.25) is 4.79 Å². The van der Waals surface area contributed by atoms with E-state index in [-0.39, 0.29) is 23.9 Å². The molecule has 0 atom stereocenters. The summed E-state index contributed by atoms with van der Waals surface area (Å²) in [5, 5.41) is 3.06. The molecule has 25 heavy (non-hydrogen) atoms. The Hall–Kier alpha value is -2.56. The molecule has 0 radical (unpaired) electrons. The summed E-state index contributed by atoms with van der Waals surface area (Å²) in [4.78, 5) is 12.7. The molecule has 4 nitrogen and oxygen atoms in total. The molecule has 2 aromatic rings. The lowest BCUT2D eigenvalue weighted by Gasteiger charge is -2.30. The second kappa shape index (κ2) is 6.39. The number of rotatable bonds is 4. The van der Waals surface area contributed by atoms with Crippen LogP contribution in [0.5, 0.6) is 11.5 Å². The van der Waals surface area contributed by atoms with E-state index in [1.807, 2.05) is 12.1 Å². The number of benzene rings is 2. The Morgan fingerprint density at radius 2 is 1.84 bits per heavy atom. The molecule has 0 bridgehead atoms. The molecule has 1 aliphatic carbocycles. The van der Waals surface area contributed by atoms with E-state index in [1.165, 1.54) is 12.1 Å². The van der Waals surface area contributed by atoms with Gasteiger partial charge in [0.25, 0.3) is 5.91 Å². The first-order valence-corrected chi connectivity index (χ1v) is 8.61. The van der Waals surface area contributed by atoms with Crippen LogP contribution in [0.3, 0.4) is 0 Å². The molecule has 0 spiro atoms. The Balaban J connectivity index is 1.53. The van der Waals surface area contributed by atoms with Crippen LogP contribution in [0.1, 0.15) is 41.6 Å². The molecule has 1 fully saturated rings. The molecule has 1 N–H and O–H groups in total. The first-order chi connectivity index (χ1) is 12.2. The van der Waals surface area contributed by atoms with Crippen molar-refractivity contribution in [1.82, 2.24) is 5.32 Å². The summed E-state index contributed by atoms with van der Waals surface area (Å²) in [6.45, 7) is 0.668. The molecule has 1 saturated carbocycles. The second-order valence-corrected chi connectivity index (χ2v) is 6.72. The molecule has 2 aliphatic rings. The van der Waals surface area contributed by atoms with Gasteiger partial charge in [0.1, 0.15) is 5.82 Å². The van der Waals surface area contributed by atoms with Crippen LogP contribution in [0.2, 0.25) is 0 Å². The maximum Gasteiger partial charge on any atom is 0.255 e. The fourth-order valence-electron chi connectivity index (χ4n) is 3.88. The van der Waals surface area contributed by atoms with Crippen molar-refractivity contribution < 1.29 is 18.7 Å². The molecule has 1 amide bonds. The van der Waals surface area contributed by atoms with E-state index >= 15 is 0 Å². The van der Waals surface area contributed by atoms with E-state index < -0.39 is 0 Å². The number of fused-ring (bicyclic) bond motifs is 1. The number of carbonyl (C=O) groups is 1. The van der Waals surface area contributed by atoms with Gasteiger partial charge >= 0.3 is 0 Å². The fraction of sp³-hybridized carbons (Fsp3) is 0.350. The van der Waals surface area contributed by atoms with Crippen molar-refractivity contribution in [1.29, 1.82) is 0 Å². The van der Waals surface area contributed by atoms with E-state index in [4.69, 9.17) is 9.47 Å². The zero-order valence-electron chi connectivity index (χ0n) is 13.9. The molecule has 0 aromatic heterocycles. The zero-order chi connectivity index (χ0) is 17.3. The highest BCUT2D eigenvalue weighted by Crippen LogP contribution is 2.41. The van der Waals surface area contributed by atoms with Gasteiger partial charge in [-0.2, -0.15) is 0 Å². The molecule has 0 unspecified atom stereocenters. The lowest BCUT2D eigenvalue weighted by atomic mass is 9.78. The van der Waals surface area contributed by atoms with Crippen LogP contribution in [-0.4, -0.2) is 19.2 Å². The van der Waals surface area contributed by atoms with Gasteiger partial charge in [0.15, 0.2) is 11.5 Å². The fourth-order valence-corrected chi connectivity index (χ4v) is 3.88. The van der Waals surface area contributed by atoms with Gasteiger partial charge in [-0.15, -0.1) is 0 Å². The molecule has 1 heterocycles. The van der Waals surface area contributed by atoms with Gasteiger partial charge in [0.05, 0.1) is 5.56 Å². The van der Waals surface area contributed by atoms with E-state index in [9.17, 15) is 9.18 Å². The maximum atomic E-state index is 13.3. The molecule has 1 aliphatic heterocycles. The van der Waals surface area contributed by atoms with Gasteiger partial charge in [-0.1, -0.05) is 31.0 Å². The summed E-state index contributed by atoms with van der Waals surface area (Å²) in [5.41, 5.74) is 1.45. The average molecular weight is 341 g/mol. The SMILES string of the molecule is O=C(NCC1(c2ccc(F)cc2)CCCC1)c1cccc2c1OCO2. The Morgan fingerprint density at radius 1 is 1.08 bits per heavy atom. The number of para-hydroxylation sites is 1. The Labute approximate surface area is 146 Å². The minimum Gasteiger partial charge on any atom is -0.454 e. The number of amides is 1. The minimum atomic E-state index is -0.238. The third kappa shape index (κ3) is 2.95. The lowest BCUT2D eigenvalue weighted by Crippen LogP contribution is -2.39. The van der Waals surface area contributed by atoms with Crippen LogP contribution in [-0.2, 0) is 5.41 Å². The van der Waals surface area contributed by atoms with E-state index in [1.54, 1.807) is 18.2 Å². The van der Waals surface area contributed by atoms with Crippen LogP contribution in [0.4, 0.5) is 4.39 Å². The number of carbonyl (C=O) groups excluding carboxylic acids is 1. The summed E-state index contributed by atoms with van der Waals surface area (Å²) in [7, 11) is 0. The highest BCUT2D eigenvalue weighted by atomic mass is 19.1. The van der Waals surface area contributed by atoms with Crippen molar-refractivity contribution in [2.24, 2.45) is 0 Å². The van der Waals surface area contributed by atoms with Crippen molar-refractivity contribution in [3.8, 4) is 11.5 Å². The summed E-state index contributed by atoms with van der Waals surface area (Å²) >= 11 is 0. The standard InChI is InChI=1S/C20H20FNO3/c21-15-8-6-14(7-9-15)20(10-1-2-11-20)12-22-19(23)16-4-3-5-17-18(16)25-13-24-17/h3-9H,1-2,10-13H2,(H,22,23). The maximum absolute atomic E-state index is 13.3. The second-order valence-electron chi connectivity index (χ2n) is 6.72. The highest BCUT2D eigenvalue weighted by molar-refractivity contribution is 5.98. The highest BCUT2D eigenvalue weighted by Gasteiger charge is 2.36. The molecule has 5 heteroatoms. The first-order valence-electron chi connectivity index (χ1n) is 8.61. The van der Waals surface area contributed by atoms with Gasteiger partial charge in [0.2, 0.25) is 6.79 Å². The van der Waals surface area contributed by atoms with Crippen LogP contribution >= 0.6 is 0 Å². The van der Waals surface area contributed by atoms with Crippen molar-refractivity contribution >= 4 is 5.91 Å². The smallest absolute Gasteiger partial charge is 0.255 e. The van der Waals surface area contributed by atoms with Crippen molar-refractivity contribution in [3.05, 3.63) is 59.4 Å². The van der Waals surface area contributed by atoms with Gasteiger partial charge in [0, 0.05) is 12.0 Å². The summed E-state index contributed by atoms with van der Waals surface area (Å²) in [6, 6.07) is 12.0. The van der Waals surface area contributed by atoms with Gasteiger partial charge in [-0.25, -0.2) is 4.39 Å². The topological polar surface area (TPSA) is 47.6 Å². The number of nitrogens with one attached hydrogen (secondary N) is 1. The van der Waals surface area contributed by atoms with Crippen LogP contribution < -0.4 is 14.8 Å². The molecule has 130 valence electrons. The number of hydrogen-bond acceptors (Lipinski definition) is 3. The Kier molecular flexibility index (Phi) is 4.07. The molecular weight excluding hydrogens is 321 g/mol. The zero-order valence-corrected chi connectivity index (χ0v) is 13.9. The van der Waals surface area contributed by atoms with Gasteiger partial charge < -0.3 is 14.8 Å². The van der Waals surface area contributed by atoms with E-state index in [2.05, 4.69) is 5.32 Å². The van der Waals surface area contributed by atoms with Crippen LogP contribution in [0.25, 0.3) is 0 Å². The van der Waals surface area contributed by atoms with Crippen molar-refractivity contribution in [2.75, 3.05) is 13.3 Å². The minimum absolute atomic E-state index is 0.126. The number of ether oxygens (including phenoxy) is 2. The summed E-state index contributed by atoms with van der Waals surface area (Å²) in [5.74, 6) is 0.692. The monoisotopic (exact) mass is 341 g/mol. The van der Waals surface area contributed by atoms with Crippen molar-refractivity contribution in [3.63, 3.8) is 0 Å². The first kappa shape index (κ1) is 15.9. The Bertz CT molecular complexity index is 782. The predicted octanol–water partition coefficient (Wildman–Crippen LogP) is 3.80. The quantitative estimate of drug-likeness (QED) is 0.920. The predicted molar refractivity (Wildman–Crippen MR) is 91.4 cm³/mol. The normalized spacial score (nSPS) is 17.5. The third-order valence-electron chi connectivity index (χ3n) is 5.25. The van der Waals surface area contributed by atoms with E-state index in [0.717, 1.165) is 31.2 Å². The molecular formula is C20H20FNO3. The Morgan fingerprint density at radius 3 is 2.60 bits per heavy atom. The molecule has 4 rings (SSSR count). The van der Waals surface area contributed by atoms with E-state index in [0.29, 0.717) is 23.6 Å². The largest absolute Gasteiger partial charge is 0.454 e. The number of hydrogen-bond donors (Lipinski definition) is 1. The van der Waals surface area contributed by atoms with Crippen LogP contribution in [0, 0.1) is 5.82 Å². The molecule has 2 aromatic carbocycles. The van der Waals surface area contributed by atoms with Crippen molar-refractivity contribution in [2.45, 2.75) is 31.1 Å². The summed E-state index contributed by atoms with van der Waals surface area (Å²) in [6.07, 6.45) is 4.21. The third-order valence-corrected chi connectivity index (χ3v) is 5.25. The lowest BCUT2D eigenvalue weighted by molar-refractivity contribution is 0.0938. The van der Waals surface area contributed by atoms with Crippen LogP contribution in [0.15, 0.2) is 42.5 Å². The van der Waals surface area contributed by atoms with Gasteiger partial charge in [-0.05, 0) is 42.7 Å². The average Bonchev–Trinajstić information content (AvgIpc) is 3.30. The summed E-state index contributed by atoms with van der Waals surface area (Å²) < 4.78 is 24.0. The molecule has 0 saturated heterocycles.